The third-order valence-corrected chi connectivity index (χ3v) is 5.44. The van der Waals surface area contributed by atoms with E-state index in [0.717, 1.165) is 17.9 Å². The van der Waals surface area contributed by atoms with E-state index in [1.165, 1.54) is 45.2 Å². The van der Waals surface area contributed by atoms with Crippen LogP contribution in [0.1, 0.15) is 59.8 Å². The second kappa shape index (κ2) is 5.50. The number of rotatable bonds is 2. The molecule has 0 spiro atoms. The first-order chi connectivity index (χ1) is 8.38. The maximum atomic E-state index is 6.04. The van der Waals surface area contributed by atoms with Crippen molar-refractivity contribution in [3.63, 3.8) is 0 Å². The maximum absolute atomic E-state index is 6.04. The minimum atomic E-state index is 0.376. The van der Waals surface area contributed by atoms with E-state index in [-0.39, 0.29) is 0 Å². The Hall–Kier alpha value is -0.0800. The van der Waals surface area contributed by atoms with Crippen molar-refractivity contribution in [2.24, 2.45) is 23.0 Å². The molecule has 0 amide bonds. The van der Waals surface area contributed by atoms with Crippen molar-refractivity contribution in [2.75, 3.05) is 13.1 Å². The molecule has 2 heteroatoms. The van der Waals surface area contributed by atoms with Crippen molar-refractivity contribution in [1.82, 2.24) is 4.90 Å². The summed E-state index contributed by atoms with van der Waals surface area (Å²) in [6.45, 7) is 11.9. The van der Waals surface area contributed by atoms with Crippen LogP contribution in [-0.2, 0) is 0 Å². The van der Waals surface area contributed by atoms with Gasteiger partial charge in [-0.1, -0.05) is 20.8 Å². The molecule has 2 rings (SSSR count). The Labute approximate surface area is 113 Å². The van der Waals surface area contributed by atoms with Gasteiger partial charge in [-0.2, -0.15) is 0 Å². The Morgan fingerprint density at radius 2 is 1.67 bits per heavy atom. The van der Waals surface area contributed by atoms with Crippen LogP contribution in [0.15, 0.2) is 0 Å². The normalized spacial score (nSPS) is 36.8. The summed E-state index contributed by atoms with van der Waals surface area (Å²) >= 11 is 0. The zero-order valence-corrected chi connectivity index (χ0v) is 12.8. The predicted octanol–water partition coefficient (Wildman–Crippen LogP) is 3.26. The quantitative estimate of drug-likeness (QED) is 0.817. The minimum Gasteiger partial charge on any atom is -0.328 e. The van der Waals surface area contributed by atoms with Gasteiger partial charge in [0.15, 0.2) is 0 Å². The summed E-state index contributed by atoms with van der Waals surface area (Å²) in [4.78, 5) is 2.73. The fraction of sp³-hybridized carbons (Fsp3) is 1.00. The molecule has 2 fully saturated rings. The van der Waals surface area contributed by atoms with E-state index in [1.807, 2.05) is 0 Å². The Bertz CT molecular complexity index is 259. The SMILES string of the molecule is CC(N)C1CCN(C2CCC(C(C)(C)C)CC2)C1. The van der Waals surface area contributed by atoms with Crippen molar-refractivity contribution in [2.45, 2.75) is 71.9 Å². The summed E-state index contributed by atoms with van der Waals surface area (Å²) in [5.74, 6) is 1.67. The van der Waals surface area contributed by atoms with Crippen LogP contribution >= 0.6 is 0 Å². The van der Waals surface area contributed by atoms with Crippen LogP contribution in [0, 0.1) is 17.3 Å². The van der Waals surface area contributed by atoms with Gasteiger partial charge in [0.05, 0.1) is 0 Å². The highest BCUT2D eigenvalue weighted by Gasteiger charge is 2.35. The topological polar surface area (TPSA) is 29.3 Å². The largest absolute Gasteiger partial charge is 0.328 e. The van der Waals surface area contributed by atoms with Crippen LogP contribution in [0.25, 0.3) is 0 Å². The molecule has 0 bridgehead atoms. The summed E-state index contributed by atoms with van der Waals surface area (Å²) in [5.41, 5.74) is 6.55. The first kappa shape index (κ1) is 14.3. The lowest BCUT2D eigenvalue weighted by atomic mass is 9.71. The molecule has 0 aromatic rings. The van der Waals surface area contributed by atoms with E-state index in [4.69, 9.17) is 5.73 Å². The molecule has 18 heavy (non-hydrogen) atoms. The zero-order valence-electron chi connectivity index (χ0n) is 12.8. The van der Waals surface area contributed by atoms with Gasteiger partial charge >= 0.3 is 0 Å². The molecule has 0 aromatic heterocycles. The molecule has 106 valence electrons. The lowest BCUT2D eigenvalue weighted by Gasteiger charge is -2.40. The van der Waals surface area contributed by atoms with Crippen molar-refractivity contribution >= 4 is 0 Å². The van der Waals surface area contributed by atoms with Gasteiger partial charge in [-0.05, 0) is 62.8 Å². The fourth-order valence-corrected chi connectivity index (χ4v) is 3.88. The van der Waals surface area contributed by atoms with Crippen molar-refractivity contribution < 1.29 is 0 Å². The smallest absolute Gasteiger partial charge is 0.00955 e. The van der Waals surface area contributed by atoms with E-state index in [0.29, 0.717) is 11.5 Å². The molecular weight excluding hydrogens is 220 g/mol. The van der Waals surface area contributed by atoms with E-state index < -0.39 is 0 Å². The molecule has 1 saturated heterocycles. The Balaban J connectivity index is 1.81. The third-order valence-electron chi connectivity index (χ3n) is 5.44. The second-order valence-corrected chi connectivity index (χ2v) is 7.77. The molecule has 2 unspecified atom stereocenters. The van der Waals surface area contributed by atoms with Gasteiger partial charge in [0.2, 0.25) is 0 Å². The van der Waals surface area contributed by atoms with Crippen LogP contribution in [-0.4, -0.2) is 30.1 Å². The lowest BCUT2D eigenvalue weighted by molar-refractivity contribution is 0.107. The van der Waals surface area contributed by atoms with E-state index in [9.17, 15) is 0 Å². The highest BCUT2D eigenvalue weighted by Crippen LogP contribution is 2.39. The first-order valence-electron chi connectivity index (χ1n) is 7.87. The number of hydrogen-bond acceptors (Lipinski definition) is 2. The Morgan fingerprint density at radius 1 is 1.06 bits per heavy atom. The summed E-state index contributed by atoms with van der Waals surface area (Å²) in [5, 5.41) is 0. The summed E-state index contributed by atoms with van der Waals surface area (Å²) in [7, 11) is 0. The van der Waals surface area contributed by atoms with Crippen LogP contribution in [0.3, 0.4) is 0 Å². The van der Waals surface area contributed by atoms with Gasteiger partial charge in [0.25, 0.3) is 0 Å². The number of hydrogen-bond donors (Lipinski definition) is 1. The van der Waals surface area contributed by atoms with Crippen LogP contribution < -0.4 is 5.73 Å². The third kappa shape index (κ3) is 3.27. The summed E-state index contributed by atoms with van der Waals surface area (Å²) < 4.78 is 0. The van der Waals surface area contributed by atoms with Gasteiger partial charge in [-0.25, -0.2) is 0 Å². The lowest BCUT2D eigenvalue weighted by Crippen LogP contribution is -2.39. The molecule has 2 nitrogen and oxygen atoms in total. The van der Waals surface area contributed by atoms with Gasteiger partial charge in [-0.3, -0.25) is 0 Å². The fourth-order valence-electron chi connectivity index (χ4n) is 3.88. The molecule has 1 heterocycles. The second-order valence-electron chi connectivity index (χ2n) is 7.77. The van der Waals surface area contributed by atoms with Crippen molar-refractivity contribution in [3.8, 4) is 0 Å². The molecule has 2 atom stereocenters. The molecule has 1 aliphatic heterocycles. The van der Waals surface area contributed by atoms with Gasteiger partial charge < -0.3 is 10.6 Å². The molecule has 2 N–H and O–H groups in total. The zero-order chi connectivity index (χ0) is 13.3. The Kier molecular flexibility index (Phi) is 4.38. The van der Waals surface area contributed by atoms with Crippen LogP contribution in [0.5, 0.6) is 0 Å². The van der Waals surface area contributed by atoms with E-state index in [2.05, 4.69) is 32.6 Å². The highest BCUT2D eigenvalue weighted by atomic mass is 15.2. The summed E-state index contributed by atoms with van der Waals surface area (Å²) in [6.07, 6.45) is 6.99. The van der Waals surface area contributed by atoms with E-state index >= 15 is 0 Å². The molecule has 0 radical (unpaired) electrons. The van der Waals surface area contributed by atoms with Crippen LogP contribution in [0.4, 0.5) is 0 Å². The van der Waals surface area contributed by atoms with E-state index in [1.54, 1.807) is 0 Å². The number of likely N-dealkylation sites (tertiary alicyclic amines) is 1. The summed E-state index contributed by atoms with van der Waals surface area (Å²) in [6, 6.07) is 1.23. The van der Waals surface area contributed by atoms with Crippen LogP contribution in [0.2, 0.25) is 0 Å². The standard InChI is InChI=1S/C16H32N2/c1-12(17)13-9-10-18(11-13)15-7-5-14(6-8-15)16(2,3)4/h12-15H,5-11,17H2,1-4H3. The molecule has 1 saturated carbocycles. The van der Waals surface area contributed by atoms with Gasteiger partial charge in [-0.15, -0.1) is 0 Å². The molecule has 1 aliphatic carbocycles. The molecular formula is C16H32N2. The molecule has 0 aromatic carbocycles. The number of nitrogens with zero attached hydrogens (tertiary/aromatic N) is 1. The molecule has 2 aliphatic rings. The van der Waals surface area contributed by atoms with Gasteiger partial charge in [0, 0.05) is 18.6 Å². The number of nitrogens with two attached hydrogens (primary N) is 1. The Morgan fingerprint density at radius 3 is 2.11 bits per heavy atom. The highest BCUT2D eigenvalue weighted by molar-refractivity contribution is 4.89. The van der Waals surface area contributed by atoms with Crippen molar-refractivity contribution in [3.05, 3.63) is 0 Å². The monoisotopic (exact) mass is 252 g/mol. The average Bonchev–Trinajstić information content (AvgIpc) is 2.77. The minimum absolute atomic E-state index is 0.376. The van der Waals surface area contributed by atoms with Gasteiger partial charge in [0.1, 0.15) is 0 Å². The predicted molar refractivity (Wildman–Crippen MR) is 78.5 cm³/mol. The first-order valence-corrected chi connectivity index (χ1v) is 7.87. The maximum Gasteiger partial charge on any atom is 0.00955 e. The van der Waals surface area contributed by atoms with Crippen molar-refractivity contribution in [1.29, 1.82) is 0 Å². The average molecular weight is 252 g/mol.